The Kier molecular flexibility index (Phi) is 6.24. The van der Waals surface area contributed by atoms with E-state index in [2.05, 4.69) is 0 Å². The Morgan fingerprint density at radius 1 is 0.893 bits per heavy atom. The molecule has 1 aliphatic heterocycles. The predicted octanol–water partition coefficient (Wildman–Crippen LogP) is 3.11. The molecule has 0 bridgehead atoms. The van der Waals surface area contributed by atoms with Crippen molar-refractivity contribution in [1.82, 2.24) is 4.31 Å². The molecule has 0 radical (unpaired) electrons. The number of nitrogens with zero attached hydrogens (tertiary/aromatic N) is 1. The molecule has 1 fully saturated rings. The Morgan fingerprint density at radius 3 is 2.00 bits per heavy atom. The van der Waals surface area contributed by atoms with Crippen LogP contribution >= 0.6 is 0 Å². The van der Waals surface area contributed by atoms with Crippen LogP contribution in [0.5, 0.6) is 0 Å². The fraction of sp³-hybridized carbons (Fsp3) is 0.400. The third kappa shape index (κ3) is 4.81. The Bertz CT molecular complexity index is 1010. The zero-order chi connectivity index (χ0) is 20.4. The van der Waals surface area contributed by atoms with Gasteiger partial charge < -0.3 is 0 Å². The Balaban J connectivity index is 1.66. The summed E-state index contributed by atoms with van der Waals surface area (Å²) < 4.78 is 57.1. The van der Waals surface area contributed by atoms with Gasteiger partial charge in [-0.15, -0.1) is 0 Å². The van der Waals surface area contributed by atoms with Gasteiger partial charge in [0.2, 0.25) is 10.0 Å². The standard InChI is InChI=1S/C20H25NO5S2/c1-16-5-9-19(10-6-16)27(22,23)21-13-3-4-18(14-21)15-26-28(24,25)20-11-7-17(2)8-12-20/h5-12,18H,3-4,13-15H2,1-2H3. The summed E-state index contributed by atoms with van der Waals surface area (Å²) >= 11 is 0. The largest absolute Gasteiger partial charge is 0.296 e. The van der Waals surface area contributed by atoms with Crippen LogP contribution < -0.4 is 0 Å². The van der Waals surface area contributed by atoms with Gasteiger partial charge in [-0.25, -0.2) is 8.42 Å². The minimum Gasteiger partial charge on any atom is -0.266 e. The van der Waals surface area contributed by atoms with Crippen molar-refractivity contribution < 1.29 is 21.0 Å². The zero-order valence-electron chi connectivity index (χ0n) is 16.0. The lowest BCUT2D eigenvalue weighted by molar-refractivity contribution is 0.184. The number of rotatable bonds is 6. The molecule has 1 heterocycles. The van der Waals surface area contributed by atoms with Crippen LogP contribution in [0.3, 0.4) is 0 Å². The molecule has 28 heavy (non-hydrogen) atoms. The van der Waals surface area contributed by atoms with Gasteiger partial charge in [0.25, 0.3) is 10.1 Å². The third-order valence-corrected chi connectivity index (χ3v) is 8.08. The van der Waals surface area contributed by atoms with Crippen LogP contribution in [0.4, 0.5) is 0 Å². The molecule has 1 unspecified atom stereocenters. The molecule has 152 valence electrons. The van der Waals surface area contributed by atoms with E-state index in [4.69, 9.17) is 4.18 Å². The van der Waals surface area contributed by atoms with Crippen molar-refractivity contribution in [2.24, 2.45) is 5.92 Å². The second-order valence-corrected chi connectivity index (χ2v) is 10.8. The minimum absolute atomic E-state index is 0.0316. The highest BCUT2D eigenvalue weighted by molar-refractivity contribution is 7.89. The first-order chi connectivity index (χ1) is 13.2. The van der Waals surface area contributed by atoms with Crippen molar-refractivity contribution in [3.8, 4) is 0 Å². The monoisotopic (exact) mass is 423 g/mol. The van der Waals surface area contributed by atoms with E-state index in [0.29, 0.717) is 13.0 Å². The smallest absolute Gasteiger partial charge is 0.266 e. The molecule has 0 saturated carbocycles. The van der Waals surface area contributed by atoms with Crippen molar-refractivity contribution in [2.75, 3.05) is 19.7 Å². The van der Waals surface area contributed by atoms with E-state index in [9.17, 15) is 16.8 Å². The van der Waals surface area contributed by atoms with Gasteiger partial charge in [0.05, 0.1) is 16.4 Å². The van der Waals surface area contributed by atoms with Crippen LogP contribution in [-0.2, 0) is 24.3 Å². The van der Waals surface area contributed by atoms with Crippen LogP contribution in [0.1, 0.15) is 24.0 Å². The normalized spacial score (nSPS) is 18.9. The Labute approximate surface area is 167 Å². The second kappa shape index (κ2) is 8.32. The molecule has 2 aromatic rings. The van der Waals surface area contributed by atoms with Gasteiger partial charge >= 0.3 is 0 Å². The van der Waals surface area contributed by atoms with E-state index < -0.39 is 20.1 Å². The van der Waals surface area contributed by atoms with Crippen LogP contribution in [-0.4, -0.2) is 40.8 Å². The van der Waals surface area contributed by atoms with E-state index in [0.717, 1.165) is 17.5 Å². The van der Waals surface area contributed by atoms with Gasteiger partial charge in [-0.3, -0.25) is 4.18 Å². The number of hydrogen-bond acceptors (Lipinski definition) is 5. The number of hydrogen-bond donors (Lipinski definition) is 0. The van der Waals surface area contributed by atoms with Crippen LogP contribution in [0.2, 0.25) is 0 Å². The molecule has 2 aromatic carbocycles. The lowest BCUT2D eigenvalue weighted by Crippen LogP contribution is -2.41. The molecule has 1 atom stereocenters. The highest BCUT2D eigenvalue weighted by Gasteiger charge is 2.31. The molecule has 0 aromatic heterocycles. The topological polar surface area (TPSA) is 80.8 Å². The van der Waals surface area contributed by atoms with Gasteiger partial charge in [-0.2, -0.15) is 12.7 Å². The van der Waals surface area contributed by atoms with E-state index in [1.54, 1.807) is 36.4 Å². The molecule has 0 aliphatic carbocycles. The lowest BCUT2D eigenvalue weighted by atomic mass is 10.0. The number of sulfonamides is 1. The van der Waals surface area contributed by atoms with E-state index in [-0.39, 0.29) is 28.9 Å². The van der Waals surface area contributed by atoms with Crippen LogP contribution in [0.15, 0.2) is 58.3 Å². The maximum Gasteiger partial charge on any atom is 0.296 e. The highest BCUT2D eigenvalue weighted by Crippen LogP contribution is 2.25. The Hall–Kier alpha value is -1.74. The van der Waals surface area contributed by atoms with Crippen molar-refractivity contribution in [3.63, 3.8) is 0 Å². The maximum absolute atomic E-state index is 12.9. The first kappa shape index (κ1) is 21.0. The molecular weight excluding hydrogens is 398 g/mol. The SMILES string of the molecule is Cc1ccc(S(=O)(=O)OCC2CCCN(S(=O)(=O)c3ccc(C)cc3)C2)cc1. The third-order valence-electron chi connectivity index (χ3n) is 4.91. The van der Waals surface area contributed by atoms with Crippen molar-refractivity contribution in [1.29, 1.82) is 0 Å². The van der Waals surface area contributed by atoms with Crippen molar-refractivity contribution in [2.45, 2.75) is 36.5 Å². The van der Waals surface area contributed by atoms with Gasteiger partial charge in [0, 0.05) is 13.1 Å². The summed E-state index contributed by atoms with van der Waals surface area (Å²) in [7, 11) is -7.45. The summed E-state index contributed by atoms with van der Waals surface area (Å²) in [4.78, 5) is 0.366. The second-order valence-electron chi connectivity index (χ2n) is 7.24. The quantitative estimate of drug-likeness (QED) is 0.667. The first-order valence-electron chi connectivity index (χ1n) is 9.21. The molecule has 1 aliphatic rings. The van der Waals surface area contributed by atoms with E-state index in [1.807, 2.05) is 13.8 Å². The molecular formula is C20H25NO5S2. The Morgan fingerprint density at radius 2 is 1.43 bits per heavy atom. The van der Waals surface area contributed by atoms with E-state index in [1.165, 1.54) is 16.4 Å². The average Bonchev–Trinajstić information content (AvgIpc) is 2.67. The number of aryl methyl sites for hydroxylation is 2. The zero-order valence-corrected chi connectivity index (χ0v) is 17.7. The summed E-state index contributed by atoms with van der Waals surface area (Å²) in [6.07, 6.45) is 1.40. The van der Waals surface area contributed by atoms with Crippen LogP contribution in [0.25, 0.3) is 0 Å². The molecule has 0 amide bonds. The van der Waals surface area contributed by atoms with Crippen LogP contribution in [0, 0.1) is 19.8 Å². The fourth-order valence-corrected chi connectivity index (χ4v) is 5.73. The lowest BCUT2D eigenvalue weighted by Gasteiger charge is -2.31. The summed E-state index contributed by atoms with van der Waals surface area (Å²) in [6.45, 7) is 4.43. The number of piperidine rings is 1. The van der Waals surface area contributed by atoms with Gasteiger partial charge in [0.15, 0.2) is 0 Å². The molecule has 1 saturated heterocycles. The minimum atomic E-state index is -3.85. The summed E-state index contributed by atoms with van der Waals surface area (Å²) in [6, 6.07) is 13.2. The average molecular weight is 424 g/mol. The molecule has 0 N–H and O–H groups in total. The van der Waals surface area contributed by atoms with Gasteiger partial charge in [0.1, 0.15) is 0 Å². The molecule has 6 nitrogen and oxygen atoms in total. The van der Waals surface area contributed by atoms with Gasteiger partial charge in [-0.1, -0.05) is 35.4 Å². The first-order valence-corrected chi connectivity index (χ1v) is 12.1. The van der Waals surface area contributed by atoms with Crippen molar-refractivity contribution >= 4 is 20.1 Å². The van der Waals surface area contributed by atoms with Crippen molar-refractivity contribution in [3.05, 3.63) is 59.7 Å². The molecule has 8 heteroatoms. The number of benzene rings is 2. The fourth-order valence-electron chi connectivity index (χ4n) is 3.20. The summed E-state index contributed by atoms with van der Waals surface area (Å²) in [5, 5.41) is 0. The molecule has 0 spiro atoms. The van der Waals surface area contributed by atoms with E-state index >= 15 is 0 Å². The highest BCUT2D eigenvalue weighted by atomic mass is 32.2. The van der Waals surface area contributed by atoms with Gasteiger partial charge in [-0.05, 0) is 56.9 Å². The summed E-state index contributed by atoms with van der Waals surface area (Å²) in [5.74, 6) is -0.172. The predicted molar refractivity (Wildman–Crippen MR) is 107 cm³/mol. The summed E-state index contributed by atoms with van der Waals surface area (Å²) in [5.41, 5.74) is 1.95. The molecule has 3 rings (SSSR count). The maximum atomic E-state index is 12.9.